The van der Waals surface area contributed by atoms with E-state index in [1.165, 1.54) is 11.8 Å². The maximum Gasteiger partial charge on any atom is 0.326 e. The van der Waals surface area contributed by atoms with Crippen LogP contribution in [0.4, 0.5) is 0 Å². The van der Waals surface area contributed by atoms with Crippen LogP contribution in [0.1, 0.15) is 17.9 Å². The van der Waals surface area contributed by atoms with Crippen LogP contribution < -0.4 is 5.32 Å². The van der Waals surface area contributed by atoms with Gasteiger partial charge in [-0.1, -0.05) is 18.2 Å². The topological polar surface area (TPSA) is 104 Å². The summed E-state index contributed by atoms with van der Waals surface area (Å²) in [7, 11) is 0. The number of benzene rings is 1. The number of carbonyl (C=O) groups is 3. The van der Waals surface area contributed by atoms with Crippen LogP contribution in [0, 0.1) is 0 Å². The molecule has 2 rings (SSSR count). The van der Waals surface area contributed by atoms with Gasteiger partial charge in [0.25, 0.3) is 0 Å². The zero-order chi connectivity index (χ0) is 14.7. The number of nitrogens with one attached hydrogen (secondary N) is 1. The quantitative estimate of drug-likeness (QED) is 0.746. The van der Waals surface area contributed by atoms with E-state index in [1.54, 1.807) is 0 Å². The third-order valence-corrected chi connectivity index (χ3v) is 4.19. The summed E-state index contributed by atoms with van der Waals surface area (Å²) in [5.41, 5.74) is 0.856. The second kappa shape index (κ2) is 5.96. The Labute approximate surface area is 119 Å². The fourth-order valence-electron chi connectivity index (χ4n) is 2.03. The smallest absolute Gasteiger partial charge is 0.326 e. The molecule has 1 unspecified atom stereocenters. The predicted molar refractivity (Wildman–Crippen MR) is 71.7 cm³/mol. The van der Waals surface area contributed by atoms with Crippen molar-refractivity contribution in [3.63, 3.8) is 0 Å². The van der Waals surface area contributed by atoms with Crippen molar-refractivity contribution < 1.29 is 24.6 Å². The molecule has 0 fully saturated rings. The lowest BCUT2D eigenvalue weighted by molar-refractivity contribution is -0.147. The minimum Gasteiger partial charge on any atom is -0.481 e. The van der Waals surface area contributed by atoms with Gasteiger partial charge >= 0.3 is 11.9 Å². The summed E-state index contributed by atoms with van der Waals surface area (Å²) in [6.07, 6.45) is -0.636. The second-order valence-corrected chi connectivity index (χ2v) is 5.46. The molecule has 1 aromatic rings. The van der Waals surface area contributed by atoms with Gasteiger partial charge in [0.05, 0.1) is 12.3 Å². The molecule has 0 bridgehead atoms. The number of aliphatic carboxylic acids is 2. The highest BCUT2D eigenvalue weighted by Crippen LogP contribution is 2.39. The van der Waals surface area contributed by atoms with Crippen molar-refractivity contribution in [3.05, 3.63) is 29.8 Å². The van der Waals surface area contributed by atoms with Crippen LogP contribution in [-0.4, -0.2) is 39.9 Å². The molecule has 1 heterocycles. The zero-order valence-electron chi connectivity index (χ0n) is 10.4. The number of thioether (sulfide) groups is 1. The number of carboxylic acid groups (broad SMARTS) is 2. The van der Waals surface area contributed by atoms with Crippen LogP contribution in [0.3, 0.4) is 0 Å². The molecule has 106 valence electrons. The number of hydrogen-bond donors (Lipinski definition) is 3. The van der Waals surface area contributed by atoms with Crippen LogP contribution in [0.15, 0.2) is 29.2 Å². The normalized spacial score (nSPS) is 18.1. The summed E-state index contributed by atoms with van der Waals surface area (Å²) in [5.74, 6) is -2.97. The number of rotatable bonds is 5. The van der Waals surface area contributed by atoms with Crippen molar-refractivity contribution in [1.29, 1.82) is 0 Å². The van der Waals surface area contributed by atoms with Gasteiger partial charge < -0.3 is 15.5 Å². The van der Waals surface area contributed by atoms with E-state index in [1.807, 2.05) is 24.3 Å². The van der Waals surface area contributed by atoms with E-state index in [9.17, 15) is 14.4 Å². The van der Waals surface area contributed by atoms with Gasteiger partial charge in [0, 0.05) is 10.6 Å². The summed E-state index contributed by atoms with van der Waals surface area (Å²) in [6.45, 7) is 0. The summed E-state index contributed by atoms with van der Waals surface area (Å²) in [5, 5.41) is 19.9. The Kier molecular flexibility index (Phi) is 4.29. The van der Waals surface area contributed by atoms with E-state index in [0.717, 1.165) is 10.5 Å². The molecule has 1 aliphatic heterocycles. The van der Waals surface area contributed by atoms with Crippen molar-refractivity contribution in [2.75, 3.05) is 5.75 Å². The second-order valence-electron chi connectivity index (χ2n) is 4.40. The van der Waals surface area contributed by atoms with Gasteiger partial charge in [0.1, 0.15) is 6.04 Å². The van der Waals surface area contributed by atoms with E-state index < -0.39 is 36.2 Å². The molecule has 0 aromatic heterocycles. The molecule has 0 aliphatic carbocycles. The molecule has 0 spiro atoms. The van der Waals surface area contributed by atoms with E-state index in [4.69, 9.17) is 10.2 Å². The van der Waals surface area contributed by atoms with Crippen LogP contribution in [0.25, 0.3) is 0 Å². The third-order valence-electron chi connectivity index (χ3n) is 3.01. The SMILES string of the molecule is O=C(O)C[C@@H](NC(=O)C1CSc2ccccc21)C(=O)O. The number of amides is 1. The van der Waals surface area contributed by atoms with Crippen molar-refractivity contribution >= 4 is 29.6 Å². The first-order valence-corrected chi connectivity index (χ1v) is 6.94. The number of fused-ring (bicyclic) bond motifs is 1. The molecule has 1 aliphatic rings. The van der Waals surface area contributed by atoms with Crippen LogP contribution >= 0.6 is 11.8 Å². The Bertz CT molecular complexity index is 559. The molecule has 20 heavy (non-hydrogen) atoms. The van der Waals surface area contributed by atoms with Gasteiger partial charge in [0.2, 0.25) is 5.91 Å². The maximum atomic E-state index is 12.1. The number of carboxylic acids is 2. The number of carbonyl (C=O) groups excluding carboxylic acids is 1. The van der Waals surface area contributed by atoms with E-state index >= 15 is 0 Å². The molecule has 7 heteroatoms. The Morgan fingerprint density at radius 3 is 2.65 bits per heavy atom. The lowest BCUT2D eigenvalue weighted by Crippen LogP contribution is -2.44. The highest BCUT2D eigenvalue weighted by molar-refractivity contribution is 7.99. The van der Waals surface area contributed by atoms with Crippen LogP contribution in [0.5, 0.6) is 0 Å². The summed E-state index contributed by atoms with van der Waals surface area (Å²) >= 11 is 1.53. The predicted octanol–water partition coefficient (Wildman–Crippen LogP) is 0.920. The van der Waals surface area contributed by atoms with Gasteiger partial charge in [-0.25, -0.2) is 4.79 Å². The molecular weight excluding hydrogens is 282 g/mol. The van der Waals surface area contributed by atoms with Crippen LogP contribution in [-0.2, 0) is 14.4 Å². The summed E-state index contributed by atoms with van der Waals surface area (Å²) in [4.78, 5) is 34.7. The molecule has 0 radical (unpaired) electrons. The van der Waals surface area contributed by atoms with E-state index in [2.05, 4.69) is 5.32 Å². The minimum atomic E-state index is -1.40. The lowest BCUT2D eigenvalue weighted by atomic mass is 10.00. The largest absolute Gasteiger partial charge is 0.481 e. The van der Waals surface area contributed by atoms with E-state index in [0.29, 0.717) is 5.75 Å². The average molecular weight is 295 g/mol. The summed E-state index contributed by atoms with van der Waals surface area (Å²) in [6, 6.07) is 6.01. The molecule has 3 N–H and O–H groups in total. The third kappa shape index (κ3) is 3.11. The lowest BCUT2D eigenvalue weighted by Gasteiger charge is -2.16. The first kappa shape index (κ1) is 14.4. The highest BCUT2D eigenvalue weighted by Gasteiger charge is 2.32. The van der Waals surface area contributed by atoms with Crippen molar-refractivity contribution in [1.82, 2.24) is 5.32 Å². The fourth-order valence-corrected chi connectivity index (χ4v) is 3.26. The zero-order valence-corrected chi connectivity index (χ0v) is 11.2. The molecule has 1 aromatic carbocycles. The first-order valence-electron chi connectivity index (χ1n) is 5.95. The number of hydrogen-bond acceptors (Lipinski definition) is 4. The van der Waals surface area contributed by atoms with Gasteiger partial charge in [-0.15, -0.1) is 11.8 Å². The van der Waals surface area contributed by atoms with Crippen molar-refractivity contribution in [2.45, 2.75) is 23.3 Å². The Morgan fingerprint density at radius 1 is 1.30 bits per heavy atom. The maximum absolute atomic E-state index is 12.1. The van der Waals surface area contributed by atoms with Crippen molar-refractivity contribution in [2.24, 2.45) is 0 Å². The standard InChI is InChI=1S/C13H13NO5S/c15-11(16)5-9(13(18)19)14-12(17)8-6-20-10-4-2-1-3-7(8)10/h1-4,8-9H,5-6H2,(H,14,17)(H,15,16)(H,18,19)/t8?,9-/m1/s1. The Morgan fingerprint density at radius 2 is 2.00 bits per heavy atom. The average Bonchev–Trinajstić information content (AvgIpc) is 2.81. The first-order chi connectivity index (χ1) is 9.49. The molecule has 0 saturated carbocycles. The fraction of sp³-hybridized carbons (Fsp3) is 0.308. The molecule has 0 saturated heterocycles. The molecule has 1 amide bonds. The molecule has 6 nitrogen and oxygen atoms in total. The molecular formula is C13H13NO5S. The van der Waals surface area contributed by atoms with Gasteiger partial charge in [0.15, 0.2) is 0 Å². The van der Waals surface area contributed by atoms with Crippen LogP contribution in [0.2, 0.25) is 0 Å². The van der Waals surface area contributed by atoms with Gasteiger partial charge in [-0.3, -0.25) is 9.59 Å². The Hall–Kier alpha value is -2.02. The summed E-state index contributed by atoms with van der Waals surface area (Å²) < 4.78 is 0. The van der Waals surface area contributed by atoms with Gasteiger partial charge in [-0.2, -0.15) is 0 Å². The minimum absolute atomic E-state index is 0.438. The monoisotopic (exact) mass is 295 g/mol. The van der Waals surface area contributed by atoms with Crippen molar-refractivity contribution in [3.8, 4) is 0 Å². The molecule has 2 atom stereocenters. The highest BCUT2D eigenvalue weighted by atomic mass is 32.2. The van der Waals surface area contributed by atoms with Gasteiger partial charge in [-0.05, 0) is 11.6 Å². The Balaban J connectivity index is 2.09. The van der Waals surface area contributed by atoms with E-state index in [-0.39, 0.29) is 0 Å².